The van der Waals surface area contributed by atoms with E-state index in [2.05, 4.69) is 36.7 Å². The fraction of sp³-hybridized carbons (Fsp3) is 0.231. The van der Waals surface area contributed by atoms with Gasteiger partial charge in [0.25, 0.3) is 0 Å². The van der Waals surface area contributed by atoms with Gasteiger partial charge in [0, 0.05) is 7.05 Å². The predicted molar refractivity (Wildman–Crippen MR) is 80.3 cm³/mol. The smallest absolute Gasteiger partial charge is 0.242 e. The molecule has 1 aromatic carbocycles. The average molecular weight is 349 g/mol. The highest BCUT2D eigenvalue weighted by atomic mass is 79.9. The Hall–Kier alpha value is -2.22. The van der Waals surface area contributed by atoms with Crippen LogP contribution in [0.2, 0.25) is 0 Å². The van der Waals surface area contributed by atoms with Crippen molar-refractivity contribution >= 4 is 32.9 Å². The van der Waals surface area contributed by atoms with Crippen LogP contribution in [0, 0.1) is 0 Å². The number of benzene rings is 1. The summed E-state index contributed by atoms with van der Waals surface area (Å²) in [6, 6.07) is 7.54. The summed E-state index contributed by atoms with van der Waals surface area (Å²) >= 11 is 3.40. The molecule has 0 aliphatic rings. The molecule has 0 spiro atoms. The third-order valence-electron chi connectivity index (χ3n) is 3.18. The highest BCUT2D eigenvalue weighted by molar-refractivity contribution is 9.10. The number of rotatable bonds is 4. The van der Waals surface area contributed by atoms with E-state index in [4.69, 9.17) is 0 Å². The maximum Gasteiger partial charge on any atom is 0.242 e. The van der Waals surface area contributed by atoms with Gasteiger partial charge >= 0.3 is 0 Å². The molecule has 108 valence electrons. The van der Waals surface area contributed by atoms with Crippen molar-refractivity contribution in [3.8, 4) is 0 Å². The summed E-state index contributed by atoms with van der Waals surface area (Å²) in [6.07, 6.45) is 1.70. The zero-order valence-electron chi connectivity index (χ0n) is 11.3. The zero-order chi connectivity index (χ0) is 14.8. The zero-order valence-corrected chi connectivity index (χ0v) is 12.9. The minimum absolute atomic E-state index is 0.126. The number of aryl methyl sites for hydroxylation is 1. The molecule has 0 saturated heterocycles. The average Bonchev–Trinajstić information content (AvgIpc) is 3.02. The van der Waals surface area contributed by atoms with Crippen molar-refractivity contribution in [1.29, 1.82) is 0 Å². The third-order valence-corrected chi connectivity index (χ3v) is 3.84. The first-order valence-electron chi connectivity index (χ1n) is 6.36. The van der Waals surface area contributed by atoms with Gasteiger partial charge in [0.05, 0.1) is 28.4 Å². The normalized spacial score (nSPS) is 11.0. The first-order chi connectivity index (χ1) is 10.1. The molecule has 7 nitrogen and oxygen atoms in total. The maximum absolute atomic E-state index is 12.0. The van der Waals surface area contributed by atoms with Crippen molar-refractivity contribution < 1.29 is 4.79 Å². The van der Waals surface area contributed by atoms with Crippen LogP contribution in [0.25, 0.3) is 11.0 Å². The van der Waals surface area contributed by atoms with Crippen LogP contribution in [0.3, 0.4) is 0 Å². The van der Waals surface area contributed by atoms with Gasteiger partial charge in [0.1, 0.15) is 12.1 Å². The second kappa shape index (κ2) is 5.65. The first kappa shape index (κ1) is 13.7. The summed E-state index contributed by atoms with van der Waals surface area (Å²) < 4.78 is 4.18. The van der Waals surface area contributed by atoms with E-state index in [1.165, 1.54) is 0 Å². The SMILES string of the molecule is Cn1ncc(Br)c1CNC(=O)Cn1nnc2ccccc21. The largest absolute Gasteiger partial charge is 0.349 e. The van der Waals surface area contributed by atoms with E-state index < -0.39 is 0 Å². The quantitative estimate of drug-likeness (QED) is 0.769. The lowest BCUT2D eigenvalue weighted by Gasteiger charge is -2.06. The fourth-order valence-corrected chi connectivity index (χ4v) is 2.53. The Labute approximate surface area is 129 Å². The summed E-state index contributed by atoms with van der Waals surface area (Å²) in [6.45, 7) is 0.540. The molecule has 0 fully saturated rings. The van der Waals surface area contributed by atoms with Gasteiger partial charge in [0.15, 0.2) is 0 Å². The van der Waals surface area contributed by atoms with Gasteiger partial charge in [-0.1, -0.05) is 17.3 Å². The number of carbonyl (C=O) groups excluding carboxylic acids is 1. The molecule has 0 bridgehead atoms. The van der Waals surface area contributed by atoms with E-state index in [0.717, 1.165) is 21.2 Å². The molecular formula is C13H13BrN6O. The van der Waals surface area contributed by atoms with Crippen molar-refractivity contribution in [2.24, 2.45) is 7.05 Å². The Morgan fingerprint density at radius 3 is 2.95 bits per heavy atom. The molecule has 1 amide bonds. The molecule has 3 aromatic rings. The standard InChI is InChI=1S/C13H13BrN6O/c1-19-12(9(14)6-16-19)7-15-13(21)8-20-11-5-3-2-4-10(11)17-18-20/h2-6H,7-8H2,1H3,(H,15,21). The molecule has 0 saturated carbocycles. The van der Waals surface area contributed by atoms with E-state index in [1.54, 1.807) is 15.6 Å². The van der Waals surface area contributed by atoms with Gasteiger partial charge in [-0.15, -0.1) is 5.10 Å². The van der Waals surface area contributed by atoms with Crippen molar-refractivity contribution in [2.45, 2.75) is 13.1 Å². The van der Waals surface area contributed by atoms with Crippen LogP contribution in [-0.4, -0.2) is 30.7 Å². The van der Waals surface area contributed by atoms with Crippen LogP contribution in [0.5, 0.6) is 0 Å². The van der Waals surface area contributed by atoms with E-state index in [1.807, 2.05) is 31.3 Å². The van der Waals surface area contributed by atoms with Crippen molar-refractivity contribution in [2.75, 3.05) is 0 Å². The number of fused-ring (bicyclic) bond motifs is 1. The fourth-order valence-electron chi connectivity index (χ4n) is 2.04. The molecule has 0 unspecified atom stereocenters. The third kappa shape index (κ3) is 2.80. The summed E-state index contributed by atoms with van der Waals surface area (Å²) in [5.41, 5.74) is 2.53. The number of aromatic nitrogens is 5. The predicted octanol–water partition coefficient (Wildman–Crippen LogP) is 1.24. The lowest BCUT2D eigenvalue weighted by Crippen LogP contribution is -2.28. The van der Waals surface area contributed by atoms with Crippen LogP contribution in [0.1, 0.15) is 5.69 Å². The molecule has 21 heavy (non-hydrogen) atoms. The Bertz CT molecular complexity index is 773. The number of amides is 1. The summed E-state index contributed by atoms with van der Waals surface area (Å²) in [5, 5.41) is 15.0. The minimum atomic E-state index is -0.126. The molecule has 2 aromatic heterocycles. The molecular weight excluding hydrogens is 336 g/mol. The molecule has 3 rings (SSSR count). The summed E-state index contributed by atoms with van der Waals surface area (Å²) in [5.74, 6) is -0.126. The number of nitrogens with one attached hydrogen (secondary N) is 1. The first-order valence-corrected chi connectivity index (χ1v) is 7.16. The Balaban J connectivity index is 1.67. The molecule has 0 aliphatic heterocycles. The number of halogens is 1. The molecule has 0 radical (unpaired) electrons. The second-order valence-electron chi connectivity index (χ2n) is 4.58. The highest BCUT2D eigenvalue weighted by Crippen LogP contribution is 2.14. The van der Waals surface area contributed by atoms with Gasteiger partial charge in [0.2, 0.25) is 5.91 Å². The molecule has 8 heteroatoms. The van der Waals surface area contributed by atoms with Gasteiger partial charge in [-0.2, -0.15) is 5.10 Å². The van der Waals surface area contributed by atoms with Crippen LogP contribution in [0.4, 0.5) is 0 Å². The van der Waals surface area contributed by atoms with E-state index >= 15 is 0 Å². The number of nitrogens with zero attached hydrogens (tertiary/aromatic N) is 5. The van der Waals surface area contributed by atoms with Crippen LogP contribution >= 0.6 is 15.9 Å². The lowest BCUT2D eigenvalue weighted by molar-refractivity contribution is -0.122. The molecule has 0 atom stereocenters. The number of para-hydroxylation sites is 1. The van der Waals surface area contributed by atoms with E-state index in [0.29, 0.717) is 6.54 Å². The summed E-state index contributed by atoms with van der Waals surface area (Å²) in [4.78, 5) is 12.0. The van der Waals surface area contributed by atoms with Gasteiger partial charge in [-0.25, -0.2) is 4.68 Å². The van der Waals surface area contributed by atoms with Gasteiger partial charge < -0.3 is 5.32 Å². The molecule has 2 heterocycles. The van der Waals surface area contributed by atoms with E-state index in [-0.39, 0.29) is 12.5 Å². The monoisotopic (exact) mass is 348 g/mol. The maximum atomic E-state index is 12.0. The van der Waals surface area contributed by atoms with Crippen LogP contribution in [0.15, 0.2) is 34.9 Å². The lowest BCUT2D eigenvalue weighted by atomic mass is 10.3. The van der Waals surface area contributed by atoms with Crippen molar-refractivity contribution in [3.63, 3.8) is 0 Å². The Morgan fingerprint density at radius 2 is 2.19 bits per heavy atom. The van der Waals surface area contributed by atoms with Gasteiger partial charge in [-0.05, 0) is 28.1 Å². The number of hydrogen-bond donors (Lipinski definition) is 1. The number of hydrogen-bond acceptors (Lipinski definition) is 4. The minimum Gasteiger partial charge on any atom is -0.349 e. The van der Waals surface area contributed by atoms with Crippen LogP contribution < -0.4 is 5.32 Å². The number of carbonyl (C=O) groups is 1. The topological polar surface area (TPSA) is 77.6 Å². The van der Waals surface area contributed by atoms with Crippen molar-refractivity contribution in [1.82, 2.24) is 30.1 Å². The second-order valence-corrected chi connectivity index (χ2v) is 5.43. The molecule has 0 aliphatic carbocycles. The van der Waals surface area contributed by atoms with Crippen LogP contribution in [-0.2, 0) is 24.9 Å². The highest BCUT2D eigenvalue weighted by Gasteiger charge is 2.10. The van der Waals surface area contributed by atoms with E-state index in [9.17, 15) is 4.79 Å². The Morgan fingerprint density at radius 1 is 1.38 bits per heavy atom. The summed E-state index contributed by atoms with van der Waals surface area (Å²) in [7, 11) is 1.83. The molecule has 1 N–H and O–H groups in total. The van der Waals surface area contributed by atoms with Crippen molar-refractivity contribution in [3.05, 3.63) is 40.6 Å². The van der Waals surface area contributed by atoms with Gasteiger partial charge in [-0.3, -0.25) is 9.48 Å². The Kier molecular flexibility index (Phi) is 3.70.